The third kappa shape index (κ3) is 5.00. The number of rotatable bonds is 4. The molecular weight excluding hydrogens is 835 g/mol. The van der Waals surface area contributed by atoms with Gasteiger partial charge in [-0.3, -0.25) is 0 Å². The molecule has 0 unspecified atom stereocenters. The lowest BCUT2D eigenvalue weighted by atomic mass is 9.93. The van der Waals surface area contributed by atoms with Gasteiger partial charge < -0.3 is 13.5 Å². The zero-order chi connectivity index (χ0) is 44.9. The van der Waals surface area contributed by atoms with Crippen molar-refractivity contribution in [1.82, 2.24) is 13.5 Å². The van der Waals surface area contributed by atoms with E-state index >= 15 is 0 Å². The normalized spacial score (nSPS) is 12.3. The molecule has 0 aliphatic heterocycles. The highest BCUT2D eigenvalue weighted by Crippen LogP contribution is 2.44. The molecular formula is C66H39N3. The van der Waals surface area contributed by atoms with Crippen molar-refractivity contribution in [1.29, 1.82) is 0 Å². The lowest BCUT2D eigenvalue weighted by molar-refractivity contribution is 1.18. The Hall–Kier alpha value is -9.18. The van der Waals surface area contributed by atoms with Gasteiger partial charge in [0.25, 0.3) is 0 Å². The summed E-state index contributed by atoms with van der Waals surface area (Å²) in [5.74, 6) is 0. The summed E-state index contributed by atoms with van der Waals surface area (Å²) in [5.41, 5.74) is 15.8. The Morgan fingerprint density at radius 2 is 0.623 bits per heavy atom. The van der Waals surface area contributed by atoms with Crippen LogP contribution >= 0.6 is 0 Å². The first-order valence-corrected chi connectivity index (χ1v) is 23.9. The number of hydrogen-bond donors (Lipinski definition) is 0. The molecule has 16 aromatic rings. The van der Waals surface area contributed by atoms with E-state index in [9.17, 15) is 0 Å². The molecule has 0 aliphatic carbocycles. The molecule has 0 atom stereocenters. The van der Waals surface area contributed by atoms with Crippen molar-refractivity contribution >= 4 is 114 Å². The minimum Gasteiger partial charge on any atom is -0.309 e. The largest absolute Gasteiger partial charge is 0.309 e. The average Bonchev–Trinajstić information content (AvgIpc) is 4.15. The summed E-state index contributed by atoms with van der Waals surface area (Å²) >= 11 is 0. The minimum atomic E-state index is 1.16. The minimum absolute atomic E-state index is 1.16. The van der Waals surface area contributed by atoms with Gasteiger partial charge >= 0.3 is 0 Å². The molecule has 0 saturated carbocycles. The molecule has 0 spiro atoms. The molecule has 0 amide bonds. The second-order valence-corrected chi connectivity index (χ2v) is 18.8. The van der Waals surface area contributed by atoms with Crippen molar-refractivity contribution in [3.05, 3.63) is 237 Å². The Bertz CT molecular complexity index is 4780. The Morgan fingerprint density at radius 3 is 1.23 bits per heavy atom. The molecule has 0 radical (unpaired) electrons. The fourth-order valence-corrected chi connectivity index (χ4v) is 12.4. The molecule has 0 aliphatic rings. The van der Waals surface area contributed by atoms with E-state index in [4.69, 9.17) is 0 Å². The summed E-state index contributed by atoms with van der Waals surface area (Å²) in [7, 11) is 0. The van der Waals surface area contributed by atoms with Crippen LogP contribution in [0.25, 0.3) is 148 Å². The van der Waals surface area contributed by atoms with Gasteiger partial charge in [-0.25, -0.2) is 0 Å². The van der Waals surface area contributed by atoms with Gasteiger partial charge in [-0.05, 0) is 110 Å². The monoisotopic (exact) mass is 873 g/mol. The van der Waals surface area contributed by atoms with Crippen LogP contribution in [0.3, 0.4) is 0 Å². The van der Waals surface area contributed by atoms with E-state index in [1.54, 1.807) is 0 Å². The van der Waals surface area contributed by atoms with Crippen LogP contribution < -0.4 is 0 Å². The van der Waals surface area contributed by atoms with Crippen LogP contribution in [0.2, 0.25) is 0 Å². The van der Waals surface area contributed by atoms with Crippen LogP contribution in [0, 0.1) is 0 Å². The maximum absolute atomic E-state index is 2.48. The summed E-state index contributed by atoms with van der Waals surface area (Å²) in [5, 5.41) is 17.9. The van der Waals surface area contributed by atoms with Crippen LogP contribution in [-0.2, 0) is 0 Å². The first-order chi connectivity index (χ1) is 34.2. The van der Waals surface area contributed by atoms with Crippen LogP contribution in [0.1, 0.15) is 0 Å². The highest BCUT2D eigenvalue weighted by atomic mass is 15.0. The maximum Gasteiger partial charge on any atom is 0.0620 e. The lowest BCUT2D eigenvalue weighted by Crippen LogP contribution is -1.96. The van der Waals surface area contributed by atoms with Gasteiger partial charge in [-0.1, -0.05) is 176 Å². The SMILES string of the molecule is c1ccc2c(c1)c1ccccc1c1c(-n3c4ccccc4c4cc(-c5ccc(-c6ccc7c(c6)c6ccccc6n7-c6ccc7c8cccc9c%10ccccc%10n(c7c6)c98)cc5)ccc43)cccc21. The smallest absolute Gasteiger partial charge is 0.0620 e. The molecule has 69 heavy (non-hydrogen) atoms. The number of hydrogen-bond acceptors (Lipinski definition) is 0. The molecule has 16 rings (SSSR count). The zero-order valence-corrected chi connectivity index (χ0v) is 37.4. The van der Waals surface area contributed by atoms with Crippen LogP contribution in [0.4, 0.5) is 0 Å². The Kier molecular flexibility index (Phi) is 7.34. The van der Waals surface area contributed by atoms with Crippen molar-refractivity contribution in [3.63, 3.8) is 0 Å². The number of para-hydroxylation sites is 4. The summed E-state index contributed by atoms with van der Waals surface area (Å²) < 4.78 is 7.40. The fourth-order valence-electron chi connectivity index (χ4n) is 12.4. The number of nitrogens with zero attached hydrogens (tertiary/aromatic N) is 3. The molecule has 12 aromatic carbocycles. The van der Waals surface area contributed by atoms with Crippen molar-refractivity contribution < 1.29 is 0 Å². The lowest BCUT2D eigenvalue weighted by Gasteiger charge is -2.16. The molecule has 3 nitrogen and oxygen atoms in total. The van der Waals surface area contributed by atoms with Crippen molar-refractivity contribution in [2.75, 3.05) is 0 Å². The summed E-state index contributed by atoms with van der Waals surface area (Å²) in [4.78, 5) is 0. The molecule has 0 saturated heterocycles. The molecule has 0 bridgehead atoms. The van der Waals surface area contributed by atoms with Gasteiger partial charge in [0.15, 0.2) is 0 Å². The predicted molar refractivity (Wildman–Crippen MR) is 293 cm³/mol. The van der Waals surface area contributed by atoms with Gasteiger partial charge in [-0.15, -0.1) is 0 Å². The number of benzene rings is 12. The van der Waals surface area contributed by atoms with Crippen LogP contribution in [-0.4, -0.2) is 13.5 Å². The van der Waals surface area contributed by atoms with E-state index in [2.05, 4.69) is 250 Å². The Balaban J connectivity index is 0.803. The second kappa shape index (κ2) is 13.7. The Labute approximate surface area is 395 Å². The molecule has 0 fully saturated rings. The highest BCUT2D eigenvalue weighted by molar-refractivity contribution is 6.28. The first kappa shape index (κ1) is 37.0. The van der Waals surface area contributed by atoms with Crippen LogP contribution in [0.15, 0.2) is 237 Å². The van der Waals surface area contributed by atoms with Crippen LogP contribution in [0.5, 0.6) is 0 Å². The molecule has 3 heteroatoms. The molecule has 4 aromatic heterocycles. The summed E-state index contributed by atoms with van der Waals surface area (Å²) in [6.07, 6.45) is 0. The summed E-state index contributed by atoms with van der Waals surface area (Å²) in [6.45, 7) is 0. The van der Waals surface area contributed by atoms with Gasteiger partial charge in [0.1, 0.15) is 0 Å². The van der Waals surface area contributed by atoms with Gasteiger partial charge in [0.05, 0.1) is 44.3 Å². The topological polar surface area (TPSA) is 14.3 Å². The van der Waals surface area contributed by atoms with Crippen molar-refractivity contribution in [2.24, 2.45) is 0 Å². The third-order valence-electron chi connectivity index (χ3n) is 15.3. The quantitative estimate of drug-likeness (QED) is 0.156. The molecule has 4 heterocycles. The third-order valence-corrected chi connectivity index (χ3v) is 15.3. The highest BCUT2D eigenvalue weighted by Gasteiger charge is 2.21. The first-order valence-electron chi connectivity index (χ1n) is 23.9. The van der Waals surface area contributed by atoms with Crippen molar-refractivity contribution in [3.8, 4) is 33.6 Å². The van der Waals surface area contributed by atoms with E-state index in [1.807, 2.05) is 0 Å². The van der Waals surface area contributed by atoms with E-state index in [0.29, 0.717) is 0 Å². The number of aromatic nitrogens is 3. The zero-order valence-electron chi connectivity index (χ0n) is 37.4. The van der Waals surface area contributed by atoms with E-state index in [1.165, 1.54) is 142 Å². The van der Waals surface area contributed by atoms with Crippen molar-refractivity contribution in [2.45, 2.75) is 0 Å². The fraction of sp³-hybridized carbons (Fsp3) is 0. The second-order valence-electron chi connectivity index (χ2n) is 18.8. The predicted octanol–water partition coefficient (Wildman–Crippen LogP) is 17.8. The average molecular weight is 874 g/mol. The Morgan fingerprint density at radius 1 is 0.217 bits per heavy atom. The molecule has 0 N–H and O–H groups in total. The van der Waals surface area contributed by atoms with E-state index in [-0.39, 0.29) is 0 Å². The molecule has 318 valence electrons. The van der Waals surface area contributed by atoms with E-state index in [0.717, 1.165) is 5.69 Å². The van der Waals surface area contributed by atoms with Gasteiger partial charge in [0.2, 0.25) is 0 Å². The van der Waals surface area contributed by atoms with E-state index < -0.39 is 0 Å². The van der Waals surface area contributed by atoms with Gasteiger partial charge in [-0.2, -0.15) is 0 Å². The van der Waals surface area contributed by atoms with Gasteiger partial charge in [0, 0.05) is 54.2 Å². The standard InChI is InChI=1S/C66H39N3/c1-2-14-47-45(13-1)46-15-3-4-19-52(46)65-53(47)20-12-26-63(65)68-59-24-9-7-18-50(59)57-38-43(32-36-62(57)68)41-29-27-40(28-30-41)42-31-35-61-56(37-42)49-17-6-8-23-58(49)67(61)44-33-34-51-55-22-11-21-54-48-16-5-10-25-60(48)69(66(54)55)64(51)39-44/h1-39H. The summed E-state index contributed by atoms with van der Waals surface area (Å²) in [6, 6.07) is 87.9. The number of fused-ring (bicyclic) bond motifs is 18. The maximum atomic E-state index is 2.48.